The Morgan fingerprint density at radius 3 is 2.81 bits per heavy atom. The highest BCUT2D eigenvalue weighted by Crippen LogP contribution is 2.12. The van der Waals surface area contributed by atoms with E-state index < -0.39 is 17.9 Å². The van der Waals surface area contributed by atoms with Crippen molar-refractivity contribution in [3.8, 4) is 11.8 Å². The monoisotopic (exact) mass is 290 g/mol. The van der Waals surface area contributed by atoms with Crippen molar-refractivity contribution in [2.75, 3.05) is 7.11 Å². The minimum Gasteiger partial charge on any atom is -0.508 e. The van der Waals surface area contributed by atoms with Crippen molar-refractivity contribution in [1.29, 1.82) is 5.26 Å². The van der Waals surface area contributed by atoms with Crippen LogP contribution >= 0.6 is 0 Å². The number of carbonyl (C=O) groups is 2. The Morgan fingerprint density at radius 1 is 1.43 bits per heavy atom. The molecule has 0 aliphatic rings. The third-order valence-corrected chi connectivity index (χ3v) is 2.93. The van der Waals surface area contributed by atoms with Gasteiger partial charge >= 0.3 is 5.97 Å². The quantitative estimate of drug-likeness (QED) is 0.588. The van der Waals surface area contributed by atoms with Crippen LogP contribution in [0.4, 0.5) is 0 Å². The molecule has 0 fully saturated rings. The van der Waals surface area contributed by atoms with Gasteiger partial charge in [-0.2, -0.15) is 5.26 Å². The molecule has 0 saturated carbocycles. The second-order valence-corrected chi connectivity index (χ2v) is 4.50. The van der Waals surface area contributed by atoms with Crippen LogP contribution in [0.3, 0.4) is 0 Å². The van der Waals surface area contributed by atoms with Gasteiger partial charge in [0.1, 0.15) is 11.8 Å². The standard InChI is InChI=1S/C15H18N2O4/c1-21-15(20)13(8-3-2-4-9-16)17-14(19)11-6-5-7-12(18)10-11/h5-7,10,13,18H,2-4,8H2,1H3,(H,17,19)/t13-/m1/s1. The molecule has 21 heavy (non-hydrogen) atoms. The molecule has 0 bridgehead atoms. The number of methoxy groups -OCH3 is 1. The number of carbonyl (C=O) groups excluding carboxylic acids is 2. The van der Waals surface area contributed by atoms with Gasteiger partial charge in [0.05, 0.1) is 13.2 Å². The van der Waals surface area contributed by atoms with E-state index >= 15 is 0 Å². The first kappa shape index (κ1) is 16.5. The van der Waals surface area contributed by atoms with Crippen molar-refractivity contribution in [2.24, 2.45) is 0 Å². The molecular formula is C15H18N2O4. The normalized spacial score (nSPS) is 11.2. The van der Waals surface area contributed by atoms with Crippen LogP contribution in [0.5, 0.6) is 5.75 Å². The topological polar surface area (TPSA) is 99.4 Å². The van der Waals surface area contributed by atoms with Crippen molar-refractivity contribution in [3.63, 3.8) is 0 Å². The second kappa shape index (κ2) is 8.59. The number of unbranched alkanes of at least 4 members (excludes halogenated alkanes) is 2. The summed E-state index contributed by atoms with van der Waals surface area (Å²) in [6, 6.07) is 7.13. The van der Waals surface area contributed by atoms with Crippen LogP contribution in [0.2, 0.25) is 0 Å². The number of phenolic OH excluding ortho intramolecular Hbond substituents is 1. The number of phenols is 1. The van der Waals surface area contributed by atoms with E-state index in [9.17, 15) is 14.7 Å². The maximum atomic E-state index is 12.0. The van der Waals surface area contributed by atoms with E-state index in [1.807, 2.05) is 6.07 Å². The van der Waals surface area contributed by atoms with Gasteiger partial charge in [-0.25, -0.2) is 4.79 Å². The summed E-state index contributed by atoms with van der Waals surface area (Å²) >= 11 is 0. The number of nitriles is 1. The van der Waals surface area contributed by atoms with Crippen LogP contribution in [0.25, 0.3) is 0 Å². The van der Waals surface area contributed by atoms with E-state index in [2.05, 4.69) is 10.1 Å². The predicted octanol–water partition coefficient (Wildman–Crippen LogP) is 1.75. The average Bonchev–Trinajstić information content (AvgIpc) is 2.49. The number of nitrogens with zero attached hydrogens (tertiary/aromatic N) is 1. The van der Waals surface area contributed by atoms with Gasteiger partial charge in [0.25, 0.3) is 5.91 Å². The van der Waals surface area contributed by atoms with Crippen molar-refractivity contribution in [3.05, 3.63) is 29.8 Å². The third kappa shape index (κ3) is 5.53. The zero-order chi connectivity index (χ0) is 15.7. The van der Waals surface area contributed by atoms with Gasteiger partial charge in [-0.1, -0.05) is 6.07 Å². The number of amides is 1. The molecule has 0 heterocycles. The Balaban J connectivity index is 2.65. The fraction of sp³-hybridized carbons (Fsp3) is 0.400. The Labute approximate surface area is 123 Å². The zero-order valence-electron chi connectivity index (χ0n) is 11.8. The van der Waals surface area contributed by atoms with Gasteiger partial charge in [-0.05, 0) is 37.5 Å². The molecule has 0 spiro atoms. The predicted molar refractivity (Wildman–Crippen MR) is 75.5 cm³/mol. The number of nitrogens with one attached hydrogen (secondary N) is 1. The van der Waals surface area contributed by atoms with Crippen molar-refractivity contribution >= 4 is 11.9 Å². The van der Waals surface area contributed by atoms with Gasteiger partial charge < -0.3 is 15.2 Å². The van der Waals surface area contributed by atoms with Crippen LogP contribution in [0, 0.1) is 11.3 Å². The molecule has 1 amide bonds. The highest BCUT2D eigenvalue weighted by Gasteiger charge is 2.21. The smallest absolute Gasteiger partial charge is 0.328 e. The highest BCUT2D eigenvalue weighted by molar-refractivity contribution is 5.97. The van der Waals surface area contributed by atoms with Crippen molar-refractivity contribution < 1.29 is 19.4 Å². The zero-order valence-corrected chi connectivity index (χ0v) is 11.8. The molecule has 0 aliphatic heterocycles. The van der Waals surface area contributed by atoms with Gasteiger partial charge in [0.2, 0.25) is 0 Å². The van der Waals surface area contributed by atoms with Gasteiger partial charge in [0.15, 0.2) is 0 Å². The van der Waals surface area contributed by atoms with E-state index in [0.29, 0.717) is 25.7 Å². The maximum absolute atomic E-state index is 12.0. The first-order valence-corrected chi connectivity index (χ1v) is 6.63. The number of hydrogen-bond donors (Lipinski definition) is 2. The number of ether oxygens (including phenoxy) is 1. The summed E-state index contributed by atoms with van der Waals surface area (Å²) in [5.74, 6) is -1.01. The molecule has 0 radical (unpaired) electrons. The molecule has 0 saturated heterocycles. The Hall–Kier alpha value is -2.55. The lowest BCUT2D eigenvalue weighted by Crippen LogP contribution is -2.41. The number of aromatic hydroxyl groups is 1. The van der Waals surface area contributed by atoms with Crippen LogP contribution in [0.1, 0.15) is 36.0 Å². The van der Waals surface area contributed by atoms with E-state index in [0.717, 1.165) is 0 Å². The molecule has 6 heteroatoms. The molecule has 1 rings (SSSR count). The molecule has 2 N–H and O–H groups in total. The van der Waals surface area contributed by atoms with Gasteiger partial charge in [-0.3, -0.25) is 4.79 Å². The molecule has 112 valence electrons. The Bertz CT molecular complexity index is 537. The summed E-state index contributed by atoms with van der Waals surface area (Å²) < 4.78 is 4.66. The summed E-state index contributed by atoms with van der Waals surface area (Å²) in [6.45, 7) is 0. The first-order chi connectivity index (χ1) is 10.1. The molecule has 0 aliphatic carbocycles. The van der Waals surface area contributed by atoms with Gasteiger partial charge in [-0.15, -0.1) is 0 Å². The fourth-order valence-corrected chi connectivity index (χ4v) is 1.83. The minimum atomic E-state index is -0.761. The summed E-state index contributed by atoms with van der Waals surface area (Å²) in [5, 5.41) is 20.4. The van der Waals surface area contributed by atoms with Crippen LogP contribution in [-0.4, -0.2) is 30.1 Å². The van der Waals surface area contributed by atoms with Crippen molar-refractivity contribution in [1.82, 2.24) is 5.32 Å². The maximum Gasteiger partial charge on any atom is 0.328 e. The largest absolute Gasteiger partial charge is 0.508 e. The molecule has 0 unspecified atom stereocenters. The molecule has 1 aromatic carbocycles. The summed E-state index contributed by atoms with van der Waals surface area (Å²) in [7, 11) is 1.26. The molecule has 0 aromatic heterocycles. The van der Waals surface area contributed by atoms with Crippen LogP contribution in [0.15, 0.2) is 24.3 Å². The highest BCUT2D eigenvalue weighted by atomic mass is 16.5. The number of rotatable bonds is 7. The van der Waals surface area contributed by atoms with Gasteiger partial charge in [0, 0.05) is 12.0 Å². The Kier molecular flexibility index (Phi) is 6.75. The fourth-order valence-electron chi connectivity index (χ4n) is 1.83. The second-order valence-electron chi connectivity index (χ2n) is 4.50. The van der Waals surface area contributed by atoms with E-state index in [1.54, 1.807) is 12.1 Å². The lowest BCUT2D eigenvalue weighted by Gasteiger charge is -2.16. The van der Waals surface area contributed by atoms with E-state index in [1.165, 1.54) is 19.2 Å². The molecular weight excluding hydrogens is 272 g/mol. The third-order valence-electron chi connectivity index (χ3n) is 2.93. The number of benzene rings is 1. The van der Waals surface area contributed by atoms with Crippen molar-refractivity contribution in [2.45, 2.75) is 31.7 Å². The number of hydrogen-bond acceptors (Lipinski definition) is 5. The lowest BCUT2D eigenvalue weighted by molar-refractivity contribution is -0.143. The molecule has 1 aromatic rings. The average molecular weight is 290 g/mol. The SMILES string of the molecule is COC(=O)[C@@H](CCCCC#N)NC(=O)c1cccc(O)c1. The molecule has 6 nitrogen and oxygen atoms in total. The first-order valence-electron chi connectivity index (χ1n) is 6.63. The van der Waals surface area contributed by atoms with Crippen LogP contribution < -0.4 is 5.32 Å². The minimum absolute atomic E-state index is 0.0220. The van der Waals surface area contributed by atoms with E-state index in [4.69, 9.17) is 5.26 Å². The molecule has 1 atom stereocenters. The Morgan fingerprint density at radius 2 is 2.19 bits per heavy atom. The number of esters is 1. The summed E-state index contributed by atoms with van der Waals surface area (Å²) in [6.07, 6.45) is 2.10. The summed E-state index contributed by atoms with van der Waals surface area (Å²) in [4.78, 5) is 23.7. The lowest BCUT2D eigenvalue weighted by atomic mass is 10.1. The summed E-state index contributed by atoms with van der Waals surface area (Å²) in [5.41, 5.74) is 0.265. The van der Waals surface area contributed by atoms with E-state index in [-0.39, 0.29) is 11.3 Å². The van der Waals surface area contributed by atoms with Crippen LogP contribution in [-0.2, 0) is 9.53 Å².